The maximum absolute atomic E-state index is 5.42. The van der Waals surface area contributed by atoms with E-state index in [9.17, 15) is 0 Å². The molecule has 0 radical (unpaired) electrons. The fraction of sp³-hybridized carbons (Fsp3) is 0.526. The first-order chi connectivity index (χ1) is 11.9. The number of ether oxygens (including phenoxy) is 1. The van der Waals surface area contributed by atoms with Gasteiger partial charge in [0.2, 0.25) is 0 Å². The average molecular weight is 326 g/mol. The number of fused-ring (bicyclic) bond motifs is 1. The first-order valence-electron chi connectivity index (χ1n) is 9.06. The van der Waals surface area contributed by atoms with Gasteiger partial charge in [-0.05, 0) is 6.42 Å². The van der Waals surface area contributed by atoms with Gasteiger partial charge in [0.05, 0.1) is 18.9 Å². The molecule has 1 aromatic heterocycles. The summed E-state index contributed by atoms with van der Waals surface area (Å²) in [6, 6.07) is 10.6. The van der Waals surface area contributed by atoms with Crippen LogP contribution in [0.4, 0.5) is 0 Å². The third-order valence-corrected chi connectivity index (χ3v) is 5.00. The average Bonchev–Trinajstić information content (AvgIpc) is 3.02. The van der Waals surface area contributed by atoms with Crippen LogP contribution in [-0.2, 0) is 24.2 Å². The van der Waals surface area contributed by atoms with Gasteiger partial charge in [0.1, 0.15) is 0 Å². The molecule has 5 heteroatoms. The molecule has 0 unspecified atom stereocenters. The third-order valence-electron chi connectivity index (χ3n) is 5.00. The molecule has 0 saturated carbocycles. The molecule has 2 aliphatic heterocycles. The van der Waals surface area contributed by atoms with Gasteiger partial charge < -0.3 is 10.1 Å². The molecular formula is C19H26N4O. The monoisotopic (exact) mass is 326 g/mol. The third kappa shape index (κ3) is 3.38. The van der Waals surface area contributed by atoms with Crippen molar-refractivity contribution in [3.8, 4) is 11.3 Å². The van der Waals surface area contributed by atoms with Crippen LogP contribution in [0.5, 0.6) is 0 Å². The van der Waals surface area contributed by atoms with Crippen LogP contribution in [0.25, 0.3) is 11.3 Å². The molecule has 0 bridgehead atoms. The van der Waals surface area contributed by atoms with Gasteiger partial charge in [-0.3, -0.25) is 9.58 Å². The van der Waals surface area contributed by atoms with Crippen LogP contribution in [-0.4, -0.2) is 54.1 Å². The van der Waals surface area contributed by atoms with Crippen molar-refractivity contribution >= 4 is 0 Å². The zero-order valence-corrected chi connectivity index (χ0v) is 14.2. The van der Waals surface area contributed by atoms with Crippen LogP contribution in [0.15, 0.2) is 30.3 Å². The van der Waals surface area contributed by atoms with Crippen molar-refractivity contribution in [3.63, 3.8) is 0 Å². The Labute approximate surface area is 143 Å². The summed E-state index contributed by atoms with van der Waals surface area (Å²) in [5.74, 6) is 0. The summed E-state index contributed by atoms with van der Waals surface area (Å²) in [6.07, 6.45) is 2.22. The van der Waals surface area contributed by atoms with Crippen molar-refractivity contribution in [1.82, 2.24) is 20.0 Å². The van der Waals surface area contributed by atoms with Crippen molar-refractivity contribution in [1.29, 1.82) is 0 Å². The highest BCUT2D eigenvalue weighted by atomic mass is 16.5. The van der Waals surface area contributed by atoms with Crippen LogP contribution < -0.4 is 5.32 Å². The van der Waals surface area contributed by atoms with E-state index in [4.69, 9.17) is 9.84 Å². The summed E-state index contributed by atoms with van der Waals surface area (Å²) in [5.41, 5.74) is 5.20. The second kappa shape index (κ2) is 7.47. The summed E-state index contributed by atoms with van der Waals surface area (Å²) in [6.45, 7) is 8.01. The number of aromatic nitrogens is 2. The van der Waals surface area contributed by atoms with E-state index in [1.165, 1.54) is 16.8 Å². The van der Waals surface area contributed by atoms with E-state index in [1.54, 1.807) is 0 Å². The molecule has 24 heavy (non-hydrogen) atoms. The number of aryl methyl sites for hydroxylation is 1. The van der Waals surface area contributed by atoms with E-state index in [0.717, 1.165) is 71.0 Å². The lowest BCUT2D eigenvalue weighted by Crippen LogP contribution is -2.37. The van der Waals surface area contributed by atoms with Crippen LogP contribution in [0.3, 0.4) is 0 Å². The van der Waals surface area contributed by atoms with Gasteiger partial charge in [-0.2, -0.15) is 5.10 Å². The minimum Gasteiger partial charge on any atom is -0.379 e. The quantitative estimate of drug-likeness (QED) is 0.911. The van der Waals surface area contributed by atoms with Gasteiger partial charge in [0, 0.05) is 62.5 Å². The smallest absolute Gasteiger partial charge is 0.0971 e. The minimum atomic E-state index is 0.876. The fourth-order valence-electron chi connectivity index (χ4n) is 3.70. The zero-order chi connectivity index (χ0) is 16.2. The first-order valence-corrected chi connectivity index (χ1v) is 9.06. The SMILES string of the molecule is c1ccc(-c2nn(CCCN3CCOCC3)c3c2CNCC3)cc1. The number of rotatable bonds is 5. The summed E-state index contributed by atoms with van der Waals surface area (Å²) < 4.78 is 7.69. The molecule has 1 fully saturated rings. The molecule has 0 spiro atoms. The normalized spacial score (nSPS) is 18.5. The molecular weight excluding hydrogens is 300 g/mol. The topological polar surface area (TPSA) is 42.3 Å². The standard InChI is InChI=1S/C19H26N4O/c1-2-5-16(6-3-1)19-17-15-20-8-7-18(17)23(21-19)10-4-9-22-11-13-24-14-12-22/h1-3,5-6,20H,4,7-15H2. The Morgan fingerprint density at radius 1 is 1.08 bits per heavy atom. The van der Waals surface area contributed by atoms with E-state index in [-0.39, 0.29) is 0 Å². The Morgan fingerprint density at radius 3 is 2.75 bits per heavy atom. The van der Waals surface area contributed by atoms with Crippen molar-refractivity contribution in [2.75, 3.05) is 39.4 Å². The summed E-state index contributed by atoms with van der Waals surface area (Å²) in [4.78, 5) is 2.50. The second-order valence-electron chi connectivity index (χ2n) is 6.60. The van der Waals surface area contributed by atoms with Gasteiger partial charge in [-0.25, -0.2) is 0 Å². The van der Waals surface area contributed by atoms with E-state index in [1.807, 2.05) is 0 Å². The van der Waals surface area contributed by atoms with Gasteiger partial charge in [-0.15, -0.1) is 0 Å². The van der Waals surface area contributed by atoms with E-state index in [0.29, 0.717) is 0 Å². The Balaban J connectivity index is 1.49. The lowest BCUT2D eigenvalue weighted by molar-refractivity contribution is 0.0368. The fourth-order valence-corrected chi connectivity index (χ4v) is 3.70. The van der Waals surface area contributed by atoms with E-state index < -0.39 is 0 Å². The molecule has 1 saturated heterocycles. The molecule has 0 atom stereocenters. The highest BCUT2D eigenvalue weighted by molar-refractivity contribution is 5.64. The Kier molecular flexibility index (Phi) is 4.92. The van der Waals surface area contributed by atoms with Crippen molar-refractivity contribution in [2.45, 2.75) is 25.9 Å². The van der Waals surface area contributed by atoms with Gasteiger partial charge in [0.15, 0.2) is 0 Å². The number of benzene rings is 1. The lowest BCUT2D eigenvalue weighted by atomic mass is 10.0. The zero-order valence-electron chi connectivity index (χ0n) is 14.2. The first kappa shape index (κ1) is 15.8. The molecule has 2 aliphatic rings. The minimum absolute atomic E-state index is 0.876. The van der Waals surface area contributed by atoms with Gasteiger partial charge in [0.25, 0.3) is 0 Å². The molecule has 5 nitrogen and oxygen atoms in total. The van der Waals surface area contributed by atoms with Crippen molar-refractivity contribution < 1.29 is 4.74 Å². The van der Waals surface area contributed by atoms with Gasteiger partial charge in [-0.1, -0.05) is 30.3 Å². The highest BCUT2D eigenvalue weighted by Crippen LogP contribution is 2.27. The van der Waals surface area contributed by atoms with E-state index in [2.05, 4.69) is 45.2 Å². The number of hydrogen-bond donors (Lipinski definition) is 1. The van der Waals surface area contributed by atoms with Crippen LogP contribution >= 0.6 is 0 Å². The summed E-state index contributed by atoms with van der Waals surface area (Å²) in [7, 11) is 0. The van der Waals surface area contributed by atoms with E-state index >= 15 is 0 Å². The van der Waals surface area contributed by atoms with Crippen LogP contribution in [0, 0.1) is 0 Å². The number of morpholine rings is 1. The molecule has 1 N–H and O–H groups in total. The molecule has 2 aromatic rings. The Hall–Kier alpha value is -1.69. The summed E-state index contributed by atoms with van der Waals surface area (Å²) in [5, 5.41) is 8.47. The predicted octanol–water partition coefficient (Wildman–Crippen LogP) is 1.92. The molecule has 4 rings (SSSR count). The maximum atomic E-state index is 5.42. The molecule has 0 amide bonds. The molecule has 0 aliphatic carbocycles. The molecule has 1 aromatic carbocycles. The largest absolute Gasteiger partial charge is 0.379 e. The molecule has 3 heterocycles. The van der Waals surface area contributed by atoms with Crippen LogP contribution in [0.1, 0.15) is 17.7 Å². The second-order valence-corrected chi connectivity index (χ2v) is 6.60. The molecule has 128 valence electrons. The predicted molar refractivity (Wildman–Crippen MR) is 94.9 cm³/mol. The van der Waals surface area contributed by atoms with Crippen LogP contribution in [0.2, 0.25) is 0 Å². The number of nitrogens with zero attached hydrogens (tertiary/aromatic N) is 3. The number of hydrogen-bond acceptors (Lipinski definition) is 4. The maximum Gasteiger partial charge on any atom is 0.0971 e. The van der Waals surface area contributed by atoms with Crippen molar-refractivity contribution in [3.05, 3.63) is 41.6 Å². The lowest BCUT2D eigenvalue weighted by Gasteiger charge is -2.26. The highest BCUT2D eigenvalue weighted by Gasteiger charge is 2.21. The number of nitrogens with one attached hydrogen (secondary N) is 1. The van der Waals surface area contributed by atoms with Gasteiger partial charge >= 0.3 is 0 Å². The Bertz CT molecular complexity index is 662. The Morgan fingerprint density at radius 2 is 1.92 bits per heavy atom. The summed E-state index contributed by atoms with van der Waals surface area (Å²) >= 11 is 0. The van der Waals surface area contributed by atoms with Crippen molar-refractivity contribution in [2.24, 2.45) is 0 Å².